The Kier molecular flexibility index (Phi) is 9.28. The third-order valence-corrected chi connectivity index (χ3v) is 6.68. The molecule has 0 bridgehead atoms. The largest absolute Gasteiger partial charge is 0.376 e. The topological polar surface area (TPSA) is 66.0 Å². The zero-order chi connectivity index (χ0) is 20.3. The summed E-state index contributed by atoms with van der Waals surface area (Å²) in [7, 11) is 0. The lowest BCUT2D eigenvalue weighted by Gasteiger charge is -2.27. The molecule has 3 rings (SSSR count). The number of hydrogen-bond donors (Lipinski definition) is 2. The van der Waals surface area contributed by atoms with Gasteiger partial charge in [-0.3, -0.25) is 9.79 Å². The van der Waals surface area contributed by atoms with Crippen LogP contribution in [0.4, 0.5) is 0 Å². The van der Waals surface area contributed by atoms with Gasteiger partial charge in [-0.05, 0) is 43.2 Å². The van der Waals surface area contributed by atoms with Gasteiger partial charge in [-0.1, -0.05) is 25.7 Å². The summed E-state index contributed by atoms with van der Waals surface area (Å²) in [4.78, 5) is 20.5. The number of carbonyl (C=O) groups excluding carboxylic acids is 1. The van der Waals surface area contributed by atoms with E-state index in [1.165, 1.54) is 49.0 Å². The first-order valence-electron chi connectivity index (χ1n) is 11.2. The Balaban J connectivity index is 1.35. The third kappa shape index (κ3) is 7.30. The van der Waals surface area contributed by atoms with E-state index in [2.05, 4.69) is 34.0 Å². The molecule has 1 aliphatic carbocycles. The van der Waals surface area contributed by atoms with Crippen LogP contribution in [0.1, 0.15) is 62.3 Å². The van der Waals surface area contributed by atoms with E-state index < -0.39 is 0 Å². The van der Waals surface area contributed by atoms with Crippen LogP contribution in [-0.2, 0) is 22.5 Å². The van der Waals surface area contributed by atoms with Gasteiger partial charge in [0.1, 0.15) is 0 Å². The van der Waals surface area contributed by atoms with E-state index in [0.29, 0.717) is 32.2 Å². The molecule has 1 aliphatic heterocycles. The van der Waals surface area contributed by atoms with Crippen LogP contribution in [-0.4, -0.2) is 55.7 Å². The van der Waals surface area contributed by atoms with Gasteiger partial charge in [-0.25, -0.2) is 0 Å². The second-order valence-corrected chi connectivity index (χ2v) is 8.86. The summed E-state index contributed by atoms with van der Waals surface area (Å²) in [6.45, 7) is 6.35. The van der Waals surface area contributed by atoms with Crippen molar-refractivity contribution in [2.45, 2.75) is 70.9 Å². The van der Waals surface area contributed by atoms with Crippen LogP contribution in [0.2, 0.25) is 0 Å². The van der Waals surface area contributed by atoms with Gasteiger partial charge in [0.15, 0.2) is 5.96 Å². The molecule has 1 aromatic rings. The first-order valence-corrected chi connectivity index (χ1v) is 12.1. The fourth-order valence-corrected chi connectivity index (χ4v) is 4.92. The zero-order valence-electron chi connectivity index (χ0n) is 17.8. The number of amides is 1. The van der Waals surface area contributed by atoms with Crippen molar-refractivity contribution in [2.24, 2.45) is 4.99 Å². The maximum Gasteiger partial charge on any atom is 0.224 e. The van der Waals surface area contributed by atoms with Crippen molar-refractivity contribution in [2.75, 3.05) is 32.8 Å². The maximum atomic E-state index is 12.5. The van der Waals surface area contributed by atoms with Crippen molar-refractivity contribution in [3.63, 3.8) is 0 Å². The van der Waals surface area contributed by atoms with Crippen LogP contribution in [0.15, 0.2) is 16.4 Å². The Bertz CT molecular complexity index is 653. The molecule has 1 fully saturated rings. The highest BCUT2D eigenvalue weighted by Gasteiger charge is 2.21. The summed E-state index contributed by atoms with van der Waals surface area (Å²) < 4.78 is 6.01. The number of hydrogen-bond acceptors (Lipinski definition) is 4. The fourth-order valence-electron chi connectivity index (χ4n) is 4.03. The number of nitrogens with zero attached hydrogens (tertiary/aromatic N) is 2. The fraction of sp³-hybridized carbons (Fsp3) is 0.727. The van der Waals surface area contributed by atoms with Gasteiger partial charge < -0.3 is 20.3 Å². The predicted octanol–water partition coefficient (Wildman–Crippen LogP) is 3.32. The standard InChI is InChI=1S/C22H36N4O2S/c1-2-23-22(25-13-15-28-19-7-5-3-4-6-8-19)24-12-9-21(27)26-14-10-20-18(17-26)11-16-29-20/h11,16,19H,2-10,12-15,17H2,1H3,(H2,23,24,25). The van der Waals surface area contributed by atoms with Gasteiger partial charge >= 0.3 is 0 Å². The summed E-state index contributed by atoms with van der Waals surface area (Å²) in [5.41, 5.74) is 1.31. The van der Waals surface area contributed by atoms with E-state index in [4.69, 9.17) is 4.74 Å². The van der Waals surface area contributed by atoms with Crippen molar-refractivity contribution in [3.8, 4) is 0 Å². The summed E-state index contributed by atoms with van der Waals surface area (Å²) >= 11 is 1.80. The normalized spacial score (nSPS) is 18.2. The van der Waals surface area contributed by atoms with Gasteiger partial charge in [0.05, 0.1) is 19.3 Å². The van der Waals surface area contributed by atoms with Gasteiger partial charge in [-0.2, -0.15) is 0 Å². The molecule has 6 nitrogen and oxygen atoms in total. The minimum atomic E-state index is 0.210. The van der Waals surface area contributed by atoms with Crippen LogP contribution in [0.25, 0.3) is 0 Å². The molecule has 0 radical (unpaired) electrons. The predicted molar refractivity (Wildman–Crippen MR) is 119 cm³/mol. The molecule has 0 saturated heterocycles. The Labute approximate surface area is 179 Å². The summed E-state index contributed by atoms with van der Waals surface area (Å²) in [6.07, 6.45) is 9.53. The number of rotatable bonds is 8. The Morgan fingerprint density at radius 2 is 2.10 bits per heavy atom. The van der Waals surface area contributed by atoms with Gasteiger partial charge in [-0.15, -0.1) is 11.3 Å². The highest BCUT2D eigenvalue weighted by molar-refractivity contribution is 7.10. The third-order valence-electron chi connectivity index (χ3n) is 5.65. The number of aliphatic imine (C=N–C) groups is 1. The lowest BCUT2D eigenvalue weighted by Crippen LogP contribution is -2.41. The van der Waals surface area contributed by atoms with E-state index >= 15 is 0 Å². The molecule has 0 atom stereocenters. The lowest BCUT2D eigenvalue weighted by molar-refractivity contribution is -0.131. The summed E-state index contributed by atoms with van der Waals surface area (Å²) in [5.74, 6) is 0.977. The van der Waals surface area contributed by atoms with Gasteiger partial charge in [0, 0.05) is 37.5 Å². The van der Waals surface area contributed by atoms with Crippen LogP contribution >= 0.6 is 11.3 Å². The molecular weight excluding hydrogens is 384 g/mol. The van der Waals surface area contributed by atoms with E-state index in [0.717, 1.165) is 32.0 Å². The molecule has 29 heavy (non-hydrogen) atoms. The van der Waals surface area contributed by atoms with E-state index in [1.54, 1.807) is 11.3 Å². The molecule has 7 heteroatoms. The lowest BCUT2D eigenvalue weighted by atomic mass is 10.1. The van der Waals surface area contributed by atoms with Gasteiger partial charge in [0.25, 0.3) is 0 Å². The molecule has 1 amide bonds. The molecule has 0 unspecified atom stereocenters. The minimum absolute atomic E-state index is 0.210. The second kappa shape index (κ2) is 12.2. The molecule has 1 aromatic heterocycles. The molecular formula is C22H36N4O2S. The highest BCUT2D eigenvalue weighted by atomic mass is 32.1. The van der Waals surface area contributed by atoms with E-state index in [-0.39, 0.29) is 5.91 Å². The Morgan fingerprint density at radius 3 is 2.90 bits per heavy atom. The van der Waals surface area contributed by atoms with Crippen molar-refractivity contribution in [1.82, 2.24) is 15.5 Å². The summed E-state index contributed by atoms with van der Waals surface area (Å²) in [5, 5.41) is 8.67. The number of fused-ring (bicyclic) bond motifs is 1. The van der Waals surface area contributed by atoms with E-state index in [9.17, 15) is 4.79 Å². The number of nitrogens with one attached hydrogen (secondary N) is 2. The molecule has 0 aromatic carbocycles. The van der Waals surface area contributed by atoms with Crippen molar-refractivity contribution >= 4 is 23.2 Å². The smallest absolute Gasteiger partial charge is 0.224 e. The Hall–Kier alpha value is -1.60. The number of carbonyl (C=O) groups is 1. The highest BCUT2D eigenvalue weighted by Crippen LogP contribution is 2.24. The molecule has 2 aliphatic rings. The van der Waals surface area contributed by atoms with Crippen LogP contribution < -0.4 is 10.6 Å². The average molecular weight is 421 g/mol. The first-order chi connectivity index (χ1) is 14.3. The van der Waals surface area contributed by atoms with Crippen molar-refractivity contribution in [3.05, 3.63) is 21.9 Å². The maximum absolute atomic E-state index is 12.5. The molecule has 0 spiro atoms. The van der Waals surface area contributed by atoms with Crippen LogP contribution in [0.3, 0.4) is 0 Å². The average Bonchev–Trinajstić information content (AvgIpc) is 3.05. The quantitative estimate of drug-likeness (QED) is 0.293. The molecule has 2 heterocycles. The molecule has 2 N–H and O–H groups in total. The van der Waals surface area contributed by atoms with Crippen LogP contribution in [0, 0.1) is 0 Å². The van der Waals surface area contributed by atoms with E-state index in [1.807, 2.05) is 4.90 Å². The monoisotopic (exact) mass is 420 g/mol. The number of guanidine groups is 1. The van der Waals surface area contributed by atoms with Crippen LogP contribution in [0.5, 0.6) is 0 Å². The SMILES string of the molecule is CCNC(=NCCOC1CCCCCC1)NCCC(=O)N1CCc2sccc2C1. The molecule has 162 valence electrons. The number of thiophene rings is 1. The molecule has 1 saturated carbocycles. The Morgan fingerprint density at radius 1 is 1.28 bits per heavy atom. The van der Waals surface area contributed by atoms with Crippen molar-refractivity contribution < 1.29 is 9.53 Å². The van der Waals surface area contributed by atoms with Crippen molar-refractivity contribution in [1.29, 1.82) is 0 Å². The zero-order valence-corrected chi connectivity index (χ0v) is 18.6. The summed E-state index contributed by atoms with van der Waals surface area (Å²) in [6, 6.07) is 2.14. The van der Waals surface area contributed by atoms with Gasteiger partial charge in [0.2, 0.25) is 5.91 Å². The second-order valence-electron chi connectivity index (χ2n) is 7.86. The number of ether oxygens (including phenoxy) is 1. The minimum Gasteiger partial charge on any atom is -0.376 e. The first kappa shape index (κ1) is 22.1.